The molecule has 2 nitrogen and oxygen atoms in total. The summed E-state index contributed by atoms with van der Waals surface area (Å²) in [4.78, 5) is 8.31. The molecule has 1 aromatic rings. The minimum Gasteiger partial charge on any atom is -0.293 e. The van der Waals surface area contributed by atoms with E-state index >= 15 is 0 Å². The number of allylic oxidation sites excluding steroid dienone is 2. The number of aryl methyl sites for hydroxylation is 1. The molecule has 0 saturated heterocycles. The van der Waals surface area contributed by atoms with E-state index in [2.05, 4.69) is 30.7 Å². The SMILES string of the molecule is CCCC(C)C(CC)/C(C)=C(/C(C)=NC)c1cc(C(F)(F)F)cnc1C. The van der Waals surface area contributed by atoms with Gasteiger partial charge in [0.2, 0.25) is 0 Å². The van der Waals surface area contributed by atoms with Crippen molar-refractivity contribution < 1.29 is 13.2 Å². The summed E-state index contributed by atoms with van der Waals surface area (Å²) in [5.74, 6) is 0.763. The Hall–Kier alpha value is -1.65. The first-order chi connectivity index (χ1) is 12.1. The van der Waals surface area contributed by atoms with E-state index in [9.17, 15) is 13.2 Å². The number of hydrogen-bond acceptors (Lipinski definition) is 2. The van der Waals surface area contributed by atoms with E-state index < -0.39 is 11.7 Å². The van der Waals surface area contributed by atoms with Crippen molar-refractivity contribution in [3.63, 3.8) is 0 Å². The molecule has 0 aliphatic carbocycles. The van der Waals surface area contributed by atoms with E-state index in [-0.39, 0.29) is 0 Å². The Morgan fingerprint density at radius 1 is 1.23 bits per heavy atom. The molecule has 0 aliphatic heterocycles. The van der Waals surface area contributed by atoms with Crippen LogP contribution >= 0.6 is 0 Å². The zero-order valence-electron chi connectivity index (χ0n) is 17.0. The molecule has 0 amide bonds. The lowest BCUT2D eigenvalue weighted by molar-refractivity contribution is -0.137. The molecule has 0 aliphatic rings. The van der Waals surface area contributed by atoms with Crippen LogP contribution in [0, 0.1) is 18.8 Å². The van der Waals surface area contributed by atoms with Crippen molar-refractivity contribution >= 4 is 11.3 Å². The molecule has 1 aromatic heterocycles. The summed E-state index contributed by atoms with van der Waals surface area (Å²) in [6, 6.07) is 1.22. The molecular formula is C21H31F3N2. The molecule has 0 bridgehead atoms. The number of halogens is 3. The van der Waals surface area contributed by atoms with Gasteiger partial charge in [-0.25, -0.2) is 0 Å². The molecule has 146 valence electrons. The predicted octanol–water partition coefficient (Wildman–Crippen LogP) is 6.74. The maximum atomic E-state index is 13.2. The number of hydrogen-bond donors (Lipinski definition) is 0. The monoisotopic (exact) mass is 368 g/mol. The minimum atomic E-state index is -4.41. The van der Waals surface area contributed by atoms with Gasteiger partial charge in [0.15, 0.2) is 0 Å². The molecule has 0 fully saturated rings. The lowest BCUT2D eigenvalue weighted by Gasteiger charge is -2.27. The fourth-order valence-corrected chi connectivity index (χ4v) is 3.72. The molecule has 0 spiro atoms. The van der Waals surface area contributed by atoms with Crippen molar-refractivity contribution in [2.45, 2.75) is 67.0 Å². The third-order valence-electron chi connectivity index (χ3n) is 5.20. The van der Waals surface area contributed by atoms with Crippen LogP contribution in [0.3, 0.4) is 0 Å². The summed E-state index contributed by atoms with van der Waals surface area (Å²) < 4.78 is 39.6. The molecule has 1 heterocycles. The lowest BCUT2D eigenvalue weighted by Crippen LogP contribution is -2.17. The number of aliphatic imine (C=N–C) groups is 1. The standard InChI is InChI=1S/C21H31F3N2/c1-8-10-13(3)18(9-2)14(4)20(16(6)25-7)19-11-17(21(22,23)24)12-26-15(19)5/h11-13,18H,8-10H2,1-7H3/b20-14-,25-16?. The van der Waals surface area contributed by atoms with Crippen molar-refractivity contribution in [3.05, 3.63) is 34.7 Å². The minimum absolute atomic E-state index is 0.301. The van der Waals surface area contributed by atoms with Crippen molar-refractivity contribution in [1.82, 2.24) is 4.98 Å². The fraction of sp³-hybridized carbons (Fsp3) is 0.619. The highest BCUT2D eigenvalue weighted by Gasteiger charge is 2.32. The summed E-state index contributed by atoms with van der Waals surface area (Å²) in [6.45, 7) is 12.1. The van der Waals surface area contributed by atoms with Crippen molar-refractivity contribution in [1.29, 1.82) is 0 Å². The molecule has 0 radical (unpaired) electrons. The lowest BCUT2D eigenvalue weighted by atomic mass is 9.79. The Morgan fingerprint density at radius 3 is 2.31 bits per heavy atom. The van der Waals surface area contributed by atoms with Gasteiger partial charge < -0.3 is 0 Å². The molecule has 5 heteroatoms. The third kappa shape index (κ3) is 5.18. The van der Waals surface area contributed by atoms with E-state index in [0.29, 0.717) is 23.1 Å². The number of alkyl halides is 3. The van der Waals surface area contributed by atoms with Gasteiger partial charge >= 0.3 is 6.18 Å². The first kappa shape index (κ1) is 22.4. The first-order valence-corrected chi connectivity index (χ1v) is 9.27. The van der Waals surface area contributed by atoms with E-state index in [0.717, 1.165) is 42.3 Å². The Balaban J connectivity index is 3.66. The normalized spacial score (nSPS) is 16.3. The maximum Gasteiger partial charge on any atom is 0.417 e. The Kier molecular flexibility index (Phi) is 8.04. The molecular weight excluding hydrogens is 337 g/mol. The van der Waals surface area contributed by atoms with Crippen molar-refractivity contribution in [2.24, 2.45) is 16.8 Å². The van der Waals surface area contributed by atoms with Gasteiger partial charge in [-0.05, 0) is 45.1 Å². The van der Waals surface area contributed by atoms with Gasteiger partial charge in [0.05, 0.1) is 5.56 Å². The van der Waals surface area contributed by atoms with Crippen molar-refractivity contribution in [2.75, 3.05) is 7.05 Å². The van der Waals surface area contributed by atoms with Crippen molar-refractivity contribution in [3.8, 4) is 0 Å². The predicted molar refractivity (Wildman–Crippen MR) is 103 cm³/mol. The van der Waals surface area contributed by atoms with Gasteiger partial charge in [-0.1, -0.05) is 39.2 Å². The second-order valence-electron chi connectivity index (χ2n) is 7.00. The Labute approximate surface area is 155 Å². The zero-order chi connectivity index (χ0) is 20.1. The number of nitrogens with zero attached hydrogens (tertiary/aromatic N) is 2. The van der Waals surface area contributed by atoms with E-state index in [1.807, 2.05) is 13.8 Å². The summed E-state index contributed by atoms with van der Waals surface area (Å²) in [7, 11) is 1.68. The van der Waals surface area contributed by atoms with Crippen LogP contribution in [-0.4, -0.2) is 17.7 Å². The number of aromatic nitrogens is 1. The van der Waals surface area contributed by atoms with Crippen LogP contribution in [-0.2, 0) is 6.18 Å². The molecule has 0 saturated carbocycles. The highest BCUT2D eigenvalue weighted by atomic mass is 19.4. The summed E-state index contributed by atoms with van der Waals surface area (Å²) >= 11 is 0. The molecule has 1 rings (SSSR count). The van der Waals surface area contributed by atoms with Crippen LogP contribution in [0.4, 0.5) is 13.2 Å². The highest BCUT2D eigenvalue weighted by Crippen LogP contribution is 2.36. The number of pyridine rings is 1. The topological polar surface area (TPSA) is 25.2 Å². The van der Waals surface area contributed by atoms with Gasteiger partial charge in [0.1, 0.15) is 0 Å². The zero-order valence-corrected chi connectivity index (χ0v) is 17.0. The van der Waals surface area contributed by atoms with Gasteiger partial charge in [0, 0.05) is 35.8 Å². The average Bonchev–Trinajstić information content (AvgIpc) is 2.56. The first-order valence-electron chi connectivity index (χ1n) is 9.27. The van der Waals surface area contributed by atoms with Gasteiger partial charge in [-0.2, -0.15) is 13.2 Å². The summed E-state index contributed by atoms with van der Waals surface area (Å²) in [6.07, 6.45) is -0.387. The Bertz CT molecular complexity index is 672. The molecule has 26 heavy (non-hydrogen) atoms. The van der Waals surface area contributed by atoms with Gasteiger partial charge in [0.25, 0.3) is 0 Å². The number of rotatable bonds is 7. The van der Waals surface area contributed by atoms with Crippen LogP contribution in [0.1, 0.15) is 70.7 Å². The van der Waals surface area contributed by atoms with Gasteiger partial charge in [-0.3, -0.25) is 9.98 Å². The van der Waals surface area contributed by atoms with Crippen LogP contribution in [0.2, 0.25) is 0 Å². The highest BCUT2D eigenvalue weighted by molar-refractivity contribution is 6.23. The van der Waals surface area contributed by atoms with Crippen LogP contribution in [0.15, 0.2) is 22.8 Å². The summed E-state index contributed by atoms with van der Waals surface area (Å²) in [5, 5.41) is 0. The Morgan fingerprint density at radius 2 is 1.85 bits per heavy atom. The molecule has 2 atom stereocenters. The molecule has 0 aromatic carbocycles. The second kappa shape index (κ2) is 9.33. The smallest absolute Gasteiger partial charge is 0.293 e. The molecule has 0 N–H and O–H groups in total. The van der Waals surface area contributed by atoms with E-state index in [1.54, 1.807) is 14.0 Å². The quantitative estimate of drug-likeness (QED) is 0.490. The van der Waals surface area contributed by atoms with E-state index in [4.69, 9.17) is 0 Å². The summed E-state index contributed by atoms with van der Waals surface area (Å²) in [5.41, 5.74) is 3.05. The average molecular weight is 368 g/mol. The largest absolute Gasteiger partial charge is 0.417 e. The maximum absolute atomic E-state index is 13.2. The van der Waals surface area contributed by atoms with Crippen LogP contribution in [0.5, 0.6) is 0 Å². The van der Waals surface area contributed by atoms with Crippen LogP contribution in [0.25, 0.3) is 5.57 Å². The second-order valence-corrected chi connectivity index (χ2v) is 7.00. The third-order valence-corrected chi connectivity index (χ3v) is 5.20. The van der Waals surface area contributed by atoms with Crippen LogP contribution < -0.4 is 0 Å². The van der Waals surface area contributed by atoms with E-state index in [1.165, 1.54) is 6.07 Å². The van der Waals surface area contributed by atoms with Gasteiger partial charge in [-0.15, -0.1) is 0 Å². The molecule has 2 unspecified atom stereocenters. The fourth-order valence-electron chi connectivity index (χ4n) is 3.72.